The van der Waals surface area contributed by atoms with Gasteiger partial charge in [-0.1, -0.05) is 22.9 Å². The number of fused-ring (bicyclic) bond motifs is 1. The van der Waals surface area contributed by atoms with E-state index in [0.717, 1.165) is 21.9 Å². The Morgan fingerprint density at radius 3 is 2.93 bits per heavy atom. The number of Topliss-reactive ketones (excluding diaryl/α,β-unsaturated/α-hetero) is 1. The number of furan rings is 1. The van der Waals surface area contributed by atoms with Crippen LogP contribution in [0.1, 0.15) is 30.3 Å². The van der Waals surface area contributed by atoms with E-state index in [1.54, 1.807) is 6.07 Å². The SMILES string of the molecule is CCCC(=O)c1cc2ccc(Br)cc2o1. The van der Waals surface area contributed by atoms with Crippen LogP contribution in [0.5, 0.6) is 0 Å². The number of rotatable bonds is 3. The number of carbonyl (C=O) groups is 1. The number of hydrogen-bond donors (Lipinski definition) is 0. The molecule has 1 aromatic carbocycles. The molecule has 1 aromatic heterocycles. The summed E-state index contributed by atoms with van der Waals surface area (Å²) in [5.41, 5.74) is 0.754. The number of halogens is 1. The Labute approximate surface area is 96.4 Å². The Morgan fingerprint density at radius 2 is 2.20 bits per heavy atom. The topological polar surface area (TPSA) is 30.2 Å². The maximum absolute atomic E-state index is 11.6. The van der Waals surface area contributed by atoms with Crippen LogP contribution in [-0.4, -0.2) is 5.78 Å². The molecule has 0 spiro atoms. The molecule has 0 fully saturated rings. The number of ketones is 1. The number of carbonyl (C=O) groups excluding carboxylic acids is 1. The molecule has 15 heavy (non-hydrogen) atoms. The highest BCUT2D eigenvalue weighted by atomic mass is 79.9. The third-order valence-corrected chi connectivity index (χ3v) is 2.73. The van der Waals surface area contributed by atoms with Gasteiger partial charge >= 0.3 is 0 Å². The van der Waals surface area contributed by atoms with Crippen molar-refractivity contribution < 1.29 is 9.21 Å². The quantitative estimate of drug-likeness (QED) is 0.781. The summed E-state index contributed by atoms with van der Waals surface area (Å²) in [7, 11) is 0. The minimum atomic E-state index is 0.0739. The van der Waals surface area contributed by atoms with Crippen LogP contribution in [0.15, 0.2) is 33.2 Å². The van der Waals surface area contributed by atoms with Crippen molar-refractivity contribution in [1.29, 1.82) is 0 Å². The van der Waals surface area contributed by atoms with Gasteiger partial charge in [-0.3, -0.25) is 4.79 Å². The van der Waals surface area contributed by atoms with Crippen LogP contribution in [0, 0.1) is 0 Å². The molecule has 1 heterocycles. The second-order valence-corrected chi connectivity index (χ2v) is 4.38. The third-order valence-electron chi connectivity index (χ3n) is 2.23. The van der Waals surface area contributed by atoms with E-state index < -0.39 is 0 Å². The Balaban J connectivity index is 2.42. The summed E-state index contributed by atoms with van der Waals surface area (Å²) in [6.45, 7) is 1.98. The van der Waals surface area contributed by atoms with Crippen LogP contribution in [0.25, 0.3) is 11.0 Å². The second-order valence-electron chi connectivity index (χ2n) is 3.47. The number of hydrogen-bond acceptors (Lipinski definition) is 2. The largest absolute Gasteiger partial charge is 0.453 e. The first-order valence-electron chi connectivity index (χ1n) is 4.93. The molecule has 2 aromatic rings. The smallest absolute Gasteiger partial charge is 0.198 e. The third kappa shape index (κ3) is 2.12. The van der Waals surface area contributed by atoms with E-state index in [4.69, 9.17) is 4.42 Å². The van der Waals surface area contributed by atoms with Crippen molar-refractivity contribution in [3.8, 4) is 0 Å². The zero-order chi connectivity index (χ0) is 10.8. The van der Waals surface area contributed by atoms with Gasteiger partial charge in [0, 0.05) is 16.3 Å². The second kappa shape index (κ2) is 4.19. The lowest BCUT2D eigenvalue weighted by Crippen LogP contribution is -1.94. The summed E-state index contributed by atoms with van der Waals surface area (Å²) in [5, 5.41) is 0.970. The molecule has 0 saturated carbocycles. The minimum Gasteiger partial charge on any atom is -0.453 e. The standard InChI is InChI=1S/C12H11BrO2/c1-2-3-10(14)12-6-8-4-5-9(13)7-11(8)15-12/h4-7H,2-3H2,1H3. The fourth-order valence-corrected chi connectivity index (χ4v) is 1.83. The fourth-order valence-electron chi connectivity index (χ4n) is 1.49. The molecule has 0 aliphatic heterocycles. The Kier molecular flexibility index (Phi) is 2.91. The van der Waals surface area contributed by atoms with Gasteiger partial charge < -0.3 is 4.42 Å². The lowest BCUT2D eigenvalue weighted by atomic mass is 10.2. The van der Waals surface area contributed by atoms with E-state index >= 15 is 0 Å². The highest BCUT2D eigenvalue weighted by molar-refractivity contribution is 9.10. The molecule has 0 aliphatic carbocycles. The van der Waals surface area contributed by atoms with Crippen molar-refractivity contribution in [1.82, 2.24) is 0 Å². The molecule has 3 heteroatoms. The summed E-state index contributed by atoms with van der Waals surface area (Å²) in [5.74, 6) is 0.537. The first kappa shape index (κ1) is 10.4. The summed E-state index contributed by atoms with van der Waals surface area (Å²) in [6.07, 6.45) is 1.39. The van der Waals surface area contributed by atoms with Crippen LogP contribution < -0.4 is 0 Å². The van der Waals surface area contributed by atoms with Gasteiger partial charge in [0.05, 0.1) is 0 Å². The summed E-state index contributed by atoms with van der Waals surface area (Å²) >= 11 is 3.36. The molecule has 0 aliphatic rings. The van der Waals surface area contributed by atoms with Gasteiger partial charge in [0.25, 0.3) is 0 Å². The molecule has 0 radical (unpaired) electrons. The predicted molar refractivity (Wildman–Crippen MR) is 63.2 cm³/mol. The van der Waals surface area contributed by atoms with Gasteiger partial charge in [0.2, 0.25) is 0 Å². The molecule has 0 unspecified atom stereocenters. The van der Waals surface area contributed by atoms with Gasteiger partial charge in [0.1, 0.15) is 5.58 Å². The Bertz CT molecular complexity index is 499. The van der Waals surface area contributed by atoms with E-state index in [-0.39, 0.29) is 5.78 Å². The molecule has 2 rings (SSSR count). The van der Waals surface area contributed by atoms with Crippen molar-refractivity contribution in [2.75, 3.05) is 0 Å². The lowest BCUT2D eigenvalue weighted by molar-refractivity contribution is 0.0957. The van der Waals surface area contributed by atoms with Gasteiger partial charge in [-0.05, 0) is 30.7 Å². The van der Waals surface area contributed by atoms with Crippen molar-refractivity contribution in [2.45, 2.75) is 19.8 Å². The molecule has 2 nitrogen and oxygen atoms in total. The zero-order valence-corrected chi connectivity index (χ0v) is 10.0. The first-order chi connectivity index (χ1) is 7.20. The first-order valence-corrected chi connectivity index (χ1v) is 5.72. The summed E-state index contributed by atoms with van der Waals surface area (Å²) < 4.78 is 6.44. The lowest BCUT2D eigenvalue weighted by Gasteiger charge is -1.91. The average molecular weight is 267 g/mol. The maximum atomic E-state index is 11.6. The number of benzene rings is 1. The van der Waals surface area contributed by atoms with Crippen LogP contribution >= 0.6 is 15.9 Å². The van der Waals surface area contributed by atoms with Crippen molar-refractivity contribution in [3.05, 3.63) is 34.5 Å². The van der Waals surface area contributed by atoms with Gasteiger partial charge in [-0.25, -0.2) is 0 Å². The molecule has 0 atom stereocenters. The van der Waals surface area contributed by atoms with E-state index in [9.17, 15) is 4.79 Å². The Morgan fingerprint density at radius 1 is 1.40 bits per heavy atom. The fraction of sp³-hybridized carbons (Fsp3) is 0.250. The van der Waals surface area contributed by atoms with Crippen LogP contribution in [0.2, 0.25) is 0 Å². The van der Waals surface area contributed by atoms with Crippen molar-refractivity contribution >= 4 is 32.7 Å². The van der Waals surface area contributed by atoms with E-state index in [0.29, 0.717) is 12.2 Å². The van der Waals surface area contributed by atoms with E-state index in [2.05, 4.69) is 15.9 Å². The highest BCUT2D eigenvalue weighted by Crippen LogP contribution is 2.24. The van der Waals surface area contributed by atoms with Gasteiger partial charge in [-0.15, -0.1) is 0 Å². The molecular weight excluding hydrogens is 256 g/mol. The Hall–Kier alpha value is -1.09. The van der Waals surface area contributed by atoms with E-state index in [1.165, 1.54) is 0 Å². The highest BCUT2D eigenvalue weighted by Gasteiger charge is 2.10. The van der Waals surface area contributed by atoms with Crippen molar-refractivity contribution in [3.63, 3.8) is 0 Å². The summed E-state index contributed by atoms with van der Waals surface area (Å²) in [6, 6.07) is 7.55. The molecule has 0 saturated heterocycles. The monoisotopic (exact) mass is 266 g/mol. The zero-order valence-electron chi connectivity index (χ0n) is 8.42. The molecule has 0 bridgehead atoms. The van der Waals surface area contributed by atoms with Crippen LogP contribution in [0.3, 0.4) is 0 Å². The van der Waals surface area contributed by atoms with Crippen LogP contribution in [0.4, 0.5) is 0 Å². The minimum absolute atomic E-state index is 0.0739. The molecular formula is C12H11BrO2. The van der Waals surface area contributed by atoms with E-state index in [1.807, 2.05) is 25.1 Å². The molecule has 0 N–H and O–H groups in total. The van der Waals surface area contributed by atoms with Gasteiger partial charge in [-0.2, -0.15) is 0 Å². The van der Waals surface area contributed by atoms with Crippen LogP contribution in [-0.2, 0) is 0 Å². The average Bonchev–Trinajstić information content (AvgIpc) is 2.60. The predicted octanol–water partition coefficient (Wildman–Crippen LogP) is 4.18. The normalized spacial score (nSPS) is 10.8. The molecule has 0 amide bonds. The summed E-state index contributed by atoms with van der Waals surface area (Å²) in [4.78, 5) is 11.6. The van der Waals surface area contributed by atoms with Crippen molar-refractivity contribution in [2.24, 2.45) is 0 Å². The maximum Gasteiger partial charge on any atom is 0.198 e. The molecule has 78 valence electrons. The van der Waals surface area contributed by atoms with Gasteiger partial charge in [0.15, 0.2) is 11.5 Å².